The Balaban J connectivity index is 0.000000781. The van der Waals surface area contributed by atoms with E-state index in [1.54, 1.807) is 19.9 Å². The van der Waals surface area contributed by atoms with Crippen LogP contribution in [0.3, 0.4) is 0 Å². The van der Waals surface area contributed by atoms with Gasteiger partial charge < -0.3 is 57.0 Å². The molecule has 2 atom stereocenters. The van der Waals surface area contributed by atoms with Gasteiger partial charge >= 0.3 is 17.6 Å². The highest BCUT2D eigenvalue weighted by atomic mass is 16.6. The normalized spacial score (nSPS) is 12.1. The Bertz CT molecular complexity index is 1840. The first-order valence-corrected chi connectivity index (χ1v) is 15.1. The third-order valence-corrected chi connectivity index (χ3v) is 7.20. The molecule has 20 heteroatoms. The van der Waals surface area contributed by atoms with Gasteiger partial charge in [-0.05, 0) is 80.3 Å². The number of likely N-dealkylation sites (N-methyl/N-ethyl adjacent to an activating group) is 1. The average molecular weight is 747 g/mol. The molecule has 0 spiro atoms. The zero-order valence-electron chi connectivity index (χ0n) is 28.7. The molecule has 0 aliphatic carbocycles. The number of hydrogen-bond donors (Lipinski definition) is 11. The molecule has 0 radical (unpaired) electrons. The highest BCUT2D eigenvalue weighted by Crippen LogP contribution is 2.36. The summed E-state index contributed by atoms with van der Waals surface area (Å²) in [4.78, 5) is 44.8. The van der Waals surface area contributed by atoms with Gasteiger partial charge in [-0.2, -0.15) is 5.26 Å². The number of aliphatic carboxylic acids is 2. The molecule has 15 N–H and O–H groups in total. The SMILES string of the molecule is CCN(CC)C(=O)/C(C#N)=C\c1cc(O)c(O)c([N+](=O)[O-])c1.C[C@@](Cc1ccc(O)c(O)c1)(NN)C(=O)O.N[C@@H](Cc1ccc(O)c(O)c1)C(=O)O.O. The first kappa shape index (κ1) is 46.3. The lowest BCUT2D eigenvalue weighted by molar-refractivity contribution is -0.386. The van der Waals surface area contributed by atoms with Gasteiger partial charge in [-0.25, -0.2) is 5.43 Å². The fourth-order valence-corrected chi connectivity index (χ4v) is 4.15. The third-order valence-electron chi connectivity index (χ3n) is 7.20. The highest BCUT2D eigenvalue weighted by molar-refractivity contribution is 6.01. The minimum absolute atomic E-state index is 0. The Hall–Kier alpha value is -6.66. The number of hydrazine groups is 1. The number of nitrogens with zero attached hydrogens (tertiary/aromatic N) is 3. The second-order valence-electron chi connectivity index (χ2n) is 11.1. The maximum atomic E-state index is 12.1. The average Bonchev–Trinajstić information content (AvgIpc) is 3.09. The number of nitrogens with two attached hydrogens (primary N) is 2. The Morgan fingerprint density at radius 2 is 1.43 bits per heavy atom. The lowest BCUT2D eigenvalue weighted by atomic mass is 9.93. The molecule has 0 saturated heterocycles. The van der Waals surface area contributed by atoms with Crippen molar-refractivity contribution in [2.75, 3.05) is 13.1 Å². The van der Waals surface area contributed by atoms with Gasteiger partial charge in [-0.15, -0.1) is 0 Å². The topological polar surface area (TPSA) is 379 Å². The number of nitro groups is 1. The second kappa shape index (κ2) is 20.9. The van der Waals surface area contributed by atoms with Crippen LogP contribution in [0, 0.1) is 21.4 Å². The van der Waals surface area contributed by atoms with E-state index in [-0.39, 0.29) is 52.5 Å². The van der Waals surface area contributed by atoms with Crippen molar-refractivity contribution in [1.29, 1.82) is 5.26 Å². The van der Waals surface area contributed by atoms with Crippen molar-refractivity contribution in [2.45, 2.75) is 45.2 Å². The van der Waals surface area contributed by atoms with E-state index >= 15 is 0 Å². The van der Waals surface area contributed by atoms with Gasteiger partial charge in [0.1, 0.15) is 23.2 Å². The quantitative estimate of drug-likeness (QED) is 0.0307. The van der Waals surface area contributed by atoms with Crippen LogP contribution in [-0.4, -0.2) is 98.7 Å². The third kappa shape index (κ3) is 13.5. The van der Waals surface area contributed by atoms with Crippen molar-refractivity contribution in [3.05, 3.63) is 80.9 Å². The van der Waals surface area contributed by atoms with E-state index in [4.69, 9.17) is 42.4 Å². The van der Waals surface area contributed by atoms with Crippen LogP contribution in [-0.2, 0) is 27.2 Å². The summed E-state index contributed by atoms with van der Waals surface area (Å²) in [6.45, 7) is 5.77. The zero-order valence-corrected chi connectivity index (χ0v) is 28.7. The van der Waals surface area contributed by atoms with Crippen molar-refractivity contribution in [3.8, 4) is 40.6 Å². The molecule has 3 aromatic rings. The molecule has 0 fully saturated rings. The largest absolute Gasteiger partial charge is 0.504 e. The van der Waals surface area contributed by atoms with Crippen molar-refractivity contribution in [2.24, 2.45) is 11.6 Å². The molecule has 288 valence electrons. The maximum Gasteiger partial charge on any atom is 0.325 e. The number of carbonyl (C=O) groups is 3. The van der Waals surface area contributed by atoms with Gasteiger partial charge in [0.2, 0.25) is 5.75 Å². The van der Waals surface area contributed by atoms with E-state index in [1.807, 2.05) is 0 Å². The number of hydrogen-bond acceptors (Lipinski definition) is 15. The molecular formula is C33H42N6O14. The molecule has 53 heavy (non-hydrogen) atoms. The summed E-state index contributed by atoms with van der Waals surface area (Å²) in [5.74, 6) is -0.145. The van der Waals surface area contributed by atoms with Crippen molar-refractivity contribution >= 4 is 29.6 Å². The fraction of sp³-hybridized carbons (Fsp3) is 0.273. The first-order chi connectivity index (χ1) is 24.2. The van der Waals surface area contributed by atoms with Crippen molar-refractivity contribution in [1.82, 2.24) is 10.3 Å². The number of amides is 1. The van der Waals surface area contributed by atoms with Crippen LogP contribution in [0.25, 0.3) is 6.08 Å². The molecule has 0 unspecified atom stereocenters. The Labute approximate surface area is 302 Å². The Kier molecular flexibility index (Phi) is 18.3. The number of carbonyl (C=O) groups excluding carboxylic acids is 1. The second-order valence-corrected chi connectivity index (χ2v) is 11.1. The fourth-order valence-electron chi connectivity index (χ4n) is 4.15. The molecule has 1 amide bonds. The minimum Gasteiger partial charge on any atom is -0.504 e. The van der Waals surface area contributed by atoms with Crippen molar-refractivity contribution in [3.63, 3.8) is 0 Å². The van der Waals surface area contributed by atoms with Crippen LogP contribution in [0.1, 0.15) is 37.5 Å². The van der Waals surface area contributed by atoms with Gasteiger partial charge in [0.15, 0.2) is 28.7 Å². The lowest BCUT2D eigenvalue weighted by Crippen LogP contribution is -2.54. The molecule has 0 bridgehead atoms. The molecule has 0 aromatic heterocycles. The number of benzene rings is 3. The predicted octanol–water partition coefficient (Wildman–Crippen LogP) is 0.956. The van der Waals surface area contributed by atoms with E-state index in [0.29, 0.717) is 24.2 Å². The van der Waals surface area contributed by atoms with Gasteiger partial charge in [0, 0.05) is 25.6 Å². The summed E-state index contributed by atoms with van der Waals surface area (Å²) in [6.07, 6.45) is 1.34. The standard InChI is InChI=1S/C14H15N3O5.C10H14N2O4.C9H11NO4.H2O/c1-3-16(4-2)14(20)10(8-15)5-9-6-11(17(21)22)13(19)12(18)7-9;1-10(12-11,9(15)16)5-6-2-3-7(13)8(14)4-6;10-6(9(13)14)3-5-1-2-7(11)8(12)4-5;/h5-7,18-19H,3-4H2,1-2H3;2-4,12-14H,5,11H2,1H3,(H,15,16);1-2,4,6,11-12H,3,10H2,(H,13,14);1H2/b10-5-;;;/t;10-;6-;/m.00./s1. The first-order valence-electron chi connectivity index (χ1n) is 15.1. The number of nitro benzene ring substituents is 1. The number of phenols is 6. The highest BCUT2D eigenvalue weighted by Gasteiger charge is 2.32. The van der Waals surface area contributed by atoms with Gasteiger partial charge in [-0.1, -0.05) is 12.1 Å². The van der Waals surface area contributed by atoms with Crippen LogP contribution in [0.15, 0.2) is 54.1 Å². The predicted molar refractivity (Wildman–Crippen MR) is 187 cm³/mol. The smallest absolute Gasteiger partial charge is 0.325 e. The van der Waals surface area contributed by atoms with E-state index in [0.717, 1.165) is 18.2 Å². The number of carboxylic acids is 2. The summed E-state index contributed by atoms with van der Waals surface area (Å²) in [6, 6.07) is 11.0. The molecular weight excluding hydrogens is 704 g/mol. The number of aromatic hydroxyl groups is 6. The monoisotopic (exact) mass is 746 g/mol. The van der Waals surface area contributed by atoms with Crippen LogP contribution in [0.2, 0.25) is 0 Å². The Morgan fingerprint density at radius 1 is 0.925 bits per heavy atom. The molecule has 3 aromatic carbocycles. The number of nitriles is 1. The summed E-state index contributed by atoms with van der Waals surface area (Å²) in [5.41, 5.74) is 6.45. The zero-order chi connectivity index (χ0) is 39.9. The van der Waals surface area contributed by atoms with Crippen LogP contribution in [0.4, 0.5) is 5.69 Å². The van der Waals surface area contributed by atoms with Crippen LogP contribution in [0.5, 0.6) is 34.5 Å². The summed E-state index contributed by atoms with van der Waals surface area (Å²) < 4.78 is 0. The Morgan fingerprint density at radius 3 is 1.85 bits per heavy atom. The molecule has 0 saturated carbocycles. The minimum atomic E-state index is -1.32. The lowest BCUT2D eigenvalue weighted by Gasteiger charge is -2.23. The number of nitrogens with one attached hydrogen (secondary N) is 1. The van der Waals surface area contributed by atoms with Crippen LogP contribution < -0.4 is 17.0 Å². The molecule has 20 nitrogen and oxygen atoms in total. The summed E-state index contributed by atoms with van der Waals surface area (Å²) in [7, 11) is 0. The van der Waals surface area contributed by atoms with E-state index < -0.39 is 51.5 Å². The number of phenolic OH excluding ortho intramolecular Hbond substituents is 6. The van der Waals surface area contributed by atoms with E-state index in [2.05, 4.69) is 5.43 Å². The molecule has 0 aliphatic heterocycles. The maximum absolute atomic E-state index is 12.1. The molecule has 0 heterocycles. The van der Waals surface area contributed by atoms with Gasteiger partial charge in [-0.3, -0.25) is 30.3 Å². The van der Waals surface area contributed by atoms with E-state index in [1.165, 1.54) is 48.2 Å². The summed E-state index contributed by atoms with van der Waals surface area (Å²) >= 11 is 0. The summed E-state index contributed by atoms with van der Waals surface area (Å²) in [5, 5.41) is 92.7. The van der Waals surface area contributed by atoms with E-state index in [9.17, 15) is 39.8 Å². The van der Waals surface area contributed by atoms with Crippen LogP contribution >= 0.6 is 0 Å². The van der Waals surface area contributed by atoms with Crippen molar-refractivity contribution < 1.29 is 65.6 Å². The molecule has 3 rings (SSSR count). The van der Waals surface area contributed by atoms with Gasteiger partial charge in [0.05, 0.1) is 4.92 Å². The number of carboxylic acid groups (broad SMARTS) is 2. The number of rotatable bonds is 12. The van der Waals surface area contributed by atoms with Gasteiger partial charge in [0.25, 0.3) is 5.91 Å². The molecule has 0 aliphatic rings.